The number of aryl methyl sites for hydroxylation is 1. The molecule has 0 bridgehead atoms. The predicted molar refractivity (Wildman–Crippen MR) is 89.9 cm³/mol. The number of benzene rings is 1. The number of ether oxygens (including phenoxy) is 2. The van der Waals surface area contributed by atoms with E-state index in [1.54, 1.807) is 18.2 Å². The van der Waals surface area contributed by atoms with Gasteiger partial charge in [-0.1, -0.05) is 23.1 Å². The van der Waals surface area contributed by atoms with Crippen molar-refractivity contribution in [2.24, 2.45) is 0 Å². The summed E-state index contributed by atoms with van der Waals surface area (Å²) < 4.78 is 16.2. The number of hydrogen-bond donors (Lipinski definition) is 1. The molecule has 0 unspecified atom stereocenters. The van der Waals surface area contributed by atoms with E-state index in [-0.39, 0.29) is 18.5 Å². The Hall–Kier alpha value is -2.66. The molecule has 1 amide bonds. The molecule has 128 valence electrons. The van der Waals surface area contributed by atoms with Crippen LogP contribution in [0.4, 0.5) is 5.13 Å². The van der Waals surface area contributed by atoms with Crippen LogP contribution in [-0.2, 0) is 4.79 Å². The maximum atomic E-state index is 11.9. The molecule has 0 radical (unpaired) electrons. The first-order chi connectivity index (χ1) is 12.2. The smallest absolute Gasteiger partial charge is 0.277 e. The predicted octanol–water partition coefficient (Wildman–Crippen LogP) is 2.36. The molecule has 3 heterocycles. The fourth-order valence-corrected chi connectivity index (χ4v) is 3.22. The number of amides is 1. The van der Waals surface area contributed by atoms with E-state index in [2.05, 4.69) is 25.7 Å². The topological polar surface area (TPSA) is 112 Å². The Morgan fingerprint density at radius 1 is 1.24 bits per heavy atom. The fourth-order valence-electron chi connectivity index (χ4n) is 2.04. The minimum Gasteiger partial charge on any atom is -0.454 e. The van der Waals surface area contributed by atoms with Crippen LogP contribution in [0.1, 0.15) is 5.01 Å². The van der Waals surface area contributed by atoms with Crippen molar-refractivity contribution in [3.8, 4) is 23.0 Å². The van der Waals surface area contributed by atoms with E-state index < -0.39 is 0 Å². The maximum Gasteiger partial charge on any atom is 0.277 e. The van der Waals surface area contributed by atoms with Gasteiger partial charge in [0.15, 0.2) is 11.5 Å². The lowest BCUT2D eigenvalue weighted by atomic mass is 10.2. The van der Waals surface area contributed by atoms with Crippen molar-refractivity contribution >= 4 is 34.1 Å². The number of rotatable bonds is 5. The molecule has 0 saturated carbocycles. The van der Waals surface area contributed by atoms with Crippen molar-refractivity contribution in [3.05, 3.63) is 23.2 Å². The van der Waals surface area contributed by atoms with Crippen molar-refractivity contribution in [1.82, 2.24) is 20.4 Å². The van der Waals surface area contributed by atoms with Crippen LogP contribution in [0.15, 0.2) is 27.8 Å². The van der Waals surface area contributed by atoms with Crippen LogP contribution < -0.4 is 14.8 Å². The second-order valence-electron chi connectivity index (χ2n) is 4.90. The van der Waals surface area contributed by atoms with Crippen LogP contribution in [0.5, 0.6) is 11.5 Å². The minimum atomic E-state index is -0.219. The van der Waals surface area contributed by atoms with Crippen molar-refractivity contribution in [2.75, 3.05) is 17.9 Å². The normalized spacial score (nSPS) is 12.4. The lowest BCUT2D eigenvalue weighted by Gasteiger charge is -1.99. The first kappa shape index (κ1) is 15.8. The molecule has 3 aromatic rings. The summed E-state index contributed by atoms with van der Waals surface area (Å²) in [6.07, 6.45) is 0. The zero-order chi connectivity index (χ0) is 17.2. The summed E-state index contributed by atoms with van der Waals surface area (Å²) in [7, 11) is 0. The highest BCUT2D eigenvalue weighted by Crippen LogP contribution is 2.36. The summed E-state index contributed by atoms with van der Waals surface area (Å²) in [6, 6.07) is 5.36. The van der Waals surface area contributed by atoms with E-state index in [1.165, 1.54) is 11.3 Å². The third-order valence-corrected chi connectivity index (χ3v) is 4.70. The van der Waals surface area contributed by atoms with Crippen LogP contribution >= 0.6 is 23.1 Å². The van der Waals surface area contributed by atoms with Gasteiger partial charge in [0.05, 0.1) is 5.75 Å². The van der Waals surface area contributed by atoms with E-state index >= 15 is 0 Å². The lowest BCUT2D eigenvalue weighted by Crippen LogP contribution is -2.13. The van der Waals surface area contributed by atoms with Crippen molar-refractivity contribution in [2.45, 2.75) is 12.1 Å². The number of nitrogens with zero attached hydrogens (tertiary/aromatic N) is 4. The molecule has 4 rings (SSSR count). The van der Waals surface area contributed by atoms with E-state index in [0.717, 1.165) is 22.3 Å². The molecule has 0 spiro atoms. The van der Waals surface area contributed by atoms with Gasteiger partial charge in [-0.3, -0.25) is 10.1 Å². The molecule has 0 atom stereocenters. The molecule has 0 aliphatic carbocycles. The number of carbonyl (C=O) groups excluding carboxylic acids is 1. The average molecular weight is 377 g/mol. The minimum absolute atomic E-state index is 0.126. The zero-order valence-electron chi connectivity index (χ0n) is 12.9. The Kier molecular flexibility index (Phi) is 4.24. The molecule has 25 heavy (non-hydrogen) atoms. The highest BCUT2D eigenvalue weighted by atomic mass is 32.2. The van der Waals surface area contributed by atoms with Gasteiger partial charge in [-0.15, -0.1) is 20.4 Å². The van der Waals surface area contributed by atoms with Crippen LogP contribution in [-0.4, -0.2) is 38.8 Å². The highest BCUT2D eigenvalue weighted by molar-refractivity contribution is 7.99. The molecule has 1 aliphatic heterocycles. The Balaban J connectivity index is 1.37. The van der Waals surface area contributed by atoms with Crippen LogP contribution in [0.2, 0.25) is 0 Å². The van der Waals surface area contributed by atoms with Gasteiger partial charge in [-0.2, -0.15) is 0 Å². The van der Waals surface area contributed by atoms with Gasteiger partial charge in [0.1, 0.15) is 5.01 Å². The first-order valence-corrected chi connectivity index (χ1v) is 8.94. The number of carbonyl (C=O) groups is 1. The van der Waals surface area contributed by atoms with E-state index in [4.69, 9.17) is 13.9 Å². The lowest BCUT2D eigenvalue weighted by molar-refractivity contribution is -0.113. The summed E-state index contributed by atoms with van der Waals surface area (Å²) in [4.78, 5) is 11.9. The highest BCUT2D eigenvalue weighted by Gasteiger charge is 2.17. The van der Waals surface area contributed by atoms with E-state index in [1.807, 2.05) is 6.92 Å². The molecule has 2 aromatic heterocycles. The summed E-state index contributed by atoms with van der Waals surface area (Å²) in [5.74, 6) is 1.57. The van der Waals surface area contributed by atoms with Crippen LogP contribution in [0.3, 0.4) is 0 Å². The molecule has 1 N–H and O–H groups in total. The molecule has 9 nitrogen and oxygen atoms in total. The number of thioether (sulfide) groups is 1. The molecule has 0 saturated heterocycles. The average Bonchev–Trinajstić information content (AvgIpc) is 3.32. The Morgan fingerprint density at radius 3 is 2.96 bits per heavy atom. The third-order valence-electron chi connectivity index (χ3n) is 3.13. The van der Waals surface area contributed by atoms with Gasteiger partial charge >= 0.3 is 0 Å². The van der Waals surface area contributed by atoms with Crippen LogP contribution in [0.25, 0.3) is 11.5 Å². The molecule has 1 aromatic carbocycles. The SMILES string of the molecule is Cc1nnc(NC(=O)CSc2nnc(-c3ccc4c(c3)OCO4)o2)s1. The molecular weight excluding hydrogens is 366 g/mol. The second-order valence-corrected chi connectivity index (χ2v) is 7.01. The van der Waals surface area contributed by atoms with Crippen LogP contribution in [0, 0.1) is 6.92 Å². The largest absolute Gasteiger partial charge is 0.454 e. The monoisotopic (exact) mass is 377 g/mol. The first-order valence-electron chi connectivity index (χ1n) is 7.14. The standard InChI is InChI=1S/C14H11N5O4S2/c1-7-16-18-13(25-7)15-11(20)5-24-14-19-17-12(23-14)8-2-3-9-10(4-8)22-6-21-9/h2-4H,5-6H2,1H3,(H,15,18,20). The summed E-state index contributed by atoms with van der Waals surface area (Å²) in [5.41, 5.74) is 0.720. The maximum absolute atomic E-state index is 11.9. The Morgan fingerprint density at radius 2 is 2.12 bits per heavy atom. The van der Waals surface area contributed by atoms with E-state index in [9.17, 15) is 4.79 Å². The quantitative estimate of drug-likeness (QED) is 0.669. The summed E-state index contributed by atoms with van der Waals surface area (Å²) in [5, 5.41) is 19.8. The number of hydrogen-bond acceptors (Lipinski definition) is 10. The van der Waals surface area contributed by atoms with Gasteiger partial charge in [-0.05, 0) is 25.1 Å². The molecular formula is C14H11N5O4S2. The second kappa shape index (κ2) is 6.69. The van der Waals surface area contributed by atoms with Crippen molar-refractivity contribution in [1.29, 1.82) is 0 Å². The molecule has 11 heteroatoms. The van der Waals surface area contributed by atoms with Crippen molar-refractivity contribution in [3.63, 3.8) is 0 Å². The summed E-state index contributed by atoms with van der Waals surface area (Å²) in [6.45, 7) is 2.02. The number of aromatic nitrogens is 4. The van der Waals surface area contributed by atoms with Gasteiger partial charge in [0, 0.05) is 5.56 Å². The van der Waals surface area contributed by atoms with E-state index in [0.29, 0.717) is 27.7 Å². The molecule has 0 fully saturated rings. The Bertz CT molecular complexity index is 926. The zero-order valence-corrected chi connectivity index (χ0v) is 14.5. The summed E-state index contributed by atoms with van der Waals surface area (Å²) >= 11 is 2.46. The van der Waals surface area contributed by atoms with Crippen molar-refractivity contribution < 1.29 is 18.7 Å². The number of anilines is 1. The van der Waals surface area contributed by atoms with Gasteiger partial charge in [-0.25, -0.2) is 0 Å². The number of fused-ring (bicyclic) bond motifs is 1. The Labute approximate surface area is 149 Å². The van der Waals surface area contributed by atoms with Gasteiger partial charge in [0.2, 0.25) is 23.7 Å². The number of nitrogens with one attached hydrogen (secondary N) is 1. The van der Waals surface area contributed by atoms with Gasteiger partial charge < -0.3 is 13.9 Å². The third kappa shape index (κ3) is 3.56. The fraction of sp³-hybridized carbons (Fsp3) is 0.214. The van der Waals surface area contributed by atoms with Gasteiger partial charge in [0.25, 0.3) is 5.22 Å². The molecule has 1 aliphatic rings.